The van der Waals surface area contributed by atoms with E-state index >= 15 is 0 Å². The molecule has 2 aliphatic heterocycles. The molecule has 3 aromatic rings. The number of Topliss-reactive ketones (excluding diaryl/α,β-unsaturated/α-hetero) is 2. The van der Waals surface area contributed by atoms with Crippen molar-refractivity contribution in [3.8, 4) is 5.75 Å². The number of fused-ring (bicyclic) bond motifs is 2. The van der Waals surface area contributed by atoms with Crippen LogP contribution in [0, 0.1) is 6.92 Å². The van der Waals surface area contributed by atoms with Gasteiger partial charge in [0, 0.05) is 31.5 Å². The molecule has 1 unspecified atom stereocenters. The van der Waals surface area contributed by atoms with Crippen molar-refractivity contribution < 1.29 is 14.3 Å². The Kier molecular flexibility index (Phi) is 5.33. The maximum Gasteiger partial charge on any atom is 0.170 e. The number of benzene rings is 3. The molecule has 0 amide bonds. The van der Waals surface area contributed by atoms with Gasteiger partial charge in [0.2, 0.25) is 0 Å². The molecule has 4 heteroatoms. The zero-order valence-corrected chi connectivity index (χ0v) is 17.9. The quantitative estimate of drug-likeness (QED) is 0.541. The lowest BCUT2D eigenvalue weighted by molar-refractivity contribution is 0.0931. The Bertz CT molecular complexity index is 1170. The van der Waals surface area contributed by atoms with E-state index in [0.29, 0.717) is 36.7 Å². The van der Waals surface area contributed by atoms with E-state index in [-0.39, 0.29) is 11.6 Å². The van der Waals surface area contributed by atoms with Gasteiger partial charge in [-0.05, 0) is 60.3 Å². The summed E-state index contributed by atoms with van der Waals surface area (Å²) in [5.74, 6) is 1.48. The number of carbonyl (C=O) groups excluding carboxylic acids is 2. The SMILES string of the molecule is Cc1cccc(C2CCN(CCC(=O)c3ccc4cc5c(cc4c3)OCCC5=O)C2)c1. The van der Waals surface area contributed by atoms with Crippen LogP contribution in [-0.2, 0) is 0 Å². The highest BCUT2D eigenvalue weighted by Crippen LogP contribution is 2.31. The van der Waals surface area contributed by atoms with Gasteiger partial charge in [-0.15, -0.1) is 0 Å². The monoisotopic (exact) mass is 413 g/mol. The molecule has 4 nitrogen and oxygen atoms in total. The molecule has 0 N–H and O–H groups in total. The number of carbonyl (C=O) groups is 2. The first-order chi connectivity index (χ1) is 15.1. The van der Waals surface area contributed by atoms with Gasteiger partial charge >= 0.3 is 0 Å². The van der Waals surface area contributed by atoms with Crippen molar-refractivity contribution in [2.75, 3.05) is 26.2 Å². The molecule has 0 radical (unpaired) electrons. The van der Waals surface area contributed by atoms with Crippen molar-refractivity contribution in [3.05, 3.63) is 76.9 Å². The Hall–Kier alpha value is -2.98. The van der Waals surface area contributed by atoms with E-state index in [1.807, 2.05) is 30.3 Å². The molecule has 2 heterocycles. The number of hydrogen-bond acceptors (Lipinski definition) is 4. The average Bonchev–Trinajstić information content (AvgIpc) is 3.25. The predicted molar refractivity (Wildman–Crippen MR) is 122 cm³/mol. The summed E-state index contributed by atoms with van der Waals surface area (Å²) in [6, 6.07) is 18.3. The molecule has 0 spiro atoms. The Morgan fingerprint density at radius 2 is 2.00 bits per heavy atom. The fraction of sp³-hybridized carbons (Fsp3) is 0.333. The van der Waals surface area contributed by atoms with Gasteiger partial charge in [0.1, 0.15) is 5.75 Å². The molecule has 1 saturated heterocycles. The fourth-order valence-corrected chi connectivity index (χ4v) is 4.81. The minimum atomic E-state index is 0.123. The summed E-state index contributed by atoms with van der Waals surface area (Å²) in [5, 5.41) is 1.91. The number of nitrogens with zero attached hydrogens (tertiary/aromatic N) is 1. The number of aryl methyl sites for hydroxylation is 1. The third-order valence-electron chi connectivity index (χ3n) is 6.59. The third-order valence-corrected chi connectivity index (χ3v) is 6.59. The second-order valence-corrected chi connectivity index (χ2v) is 8.81. The van der Waals surface area contributed by atoms with E-state index in [1.165, 1.54) is 11.1 Å². The topological polar surface area (TPSA) is 46.6 Å². The fourth-order valence-electron chi connectivity index (χ4n) is 4.81. The normalized spacial score (nSPS) is 18.7. The van der Waals surface area contributed by atoms with Gasteiger partial charge in [0.15, 0.2) is 11.6 Å². The first-order valence-electron chi connectivity index (χ1n) is 11.1. The Morgan fingerprint density at radius 1 is 1.10 bits per heavy atom. The molecule has 0 bridgehead atoms. The molecule has 1 fully saturated rings. The lowest BCUT2D eigenvalue weighted by Gasteiger charge is -2.17. The standard InChI is InChI=1S/C27H27NO3/c1-18-3-2-4-19(13-18)22-7-10-28(17-22)11-8-25(29)21-6-5-20-15-24-26(30)9-12-31-27(24)16-23(20)14-21/h2-6,13-16,22H,7-12,17H2,1H3. The summed E-state index contributed by atoms with van der Waals surface area (Å²) >= 11 is 0. The van der Waals surface area contributed by atoms with Crippen LogP contribution >= 0.6 is 0 Å². The molecule has 0 aromatic heterocycles. The summed E-state index contributed by atoms with van der Waals surface area (Å²) in [6.45, 7) is 5.42. The van der Waals surface area contributed by atoms with Crippen LogP contribution in [0.1, 0.15) is 57.0 Å². The van der Waals surface area contributed by atoms with Gasteiger partial charge in [-0.2, -0.15) is 0 Å². The van der Waals surface area contributed by atoms with Gasteiger partial charge in [0.25, 0.3) is 0 Å². The van der Waals surface area contributed by atoms with E-state index < -0.39 is 0 Å². The predicted octanol–water partition coefficient (Wildman–Crippen LogP) is 5.18. The minimum absolute atomic E-state index is 0.123. The summed E-state index contributed by atoms with van der Waals surface area (Å²) in [7, 11) is 0. The first kappa shape index (κ1) is 20.0. The Balaban J connectivity index is 1.24. The van der Waals surface area contributed by atoms with Crippen molar-refractivity contribution in [2.24, 2.45) is 0 Å². The van der Waals surface area contributed by atoms with Crippen molar-refractivity contribution in [3.63, 3.8) is 0 Å². The molecule has 158 valence electrons. The number of likely N-dealkylation sites (tertiary alicyclic amines) is 1. The molecule has 1 atom stereocenters. The maximum absolute atomic E-state index is 12.9. The van der Waals surface area contributed by atoms with Gasteiger partial charge in [-0.25, -0.2) is 0 Å². The van der Waals surface area contributed by atoms with Crippen LogP contribution in [0.15, 0.2) is 54.6 Å². The molecule has 2 aliphatic rings. The van der Waals surface area contributed by atoms with Crippen LogP contribution in [0.2, 0.25) is 0 Å². The van der Waals surface area contributed by atoms with Gasteiger partial charge in [0.05, 0.1) is 12.2 Å². The summed E-state index contributed by atoms with van der Waals surface area (Å²) in [5.41, 5.74) is 4.09. The van der Waals surface area contributed by atoms with E-state index in [4.69, 9.17) is 4.74 Å². The second kappa shape index (κ2) is 8.27. The van der Waals surface area contributed by atoms with Crippen LogP contribution in [-0.4, -0.2) is 42.7 Å². The van der Waals surface area contributed by atoms with E-state index in [1.54, 1.807) is 0 Å². The van der Waals surface area contributed by atoms with Crippen molar-refractivity contribution in [1.29, 1.82) is 0 Å². The van der Waals surface area contributed by atoms with E-state index in [0.717, 1.165) is 42.4 Å². The molecule has 0 aliphatic carbocycles. The Labute approximate surface area is 182 Å². The highest BCUT2D eigenvalue weighted by molar-refractivity contribution is 6.05. The first-order valence-corrected chi connectivity index (χ1v) is 11.1. The van der Waals surface area contributed by atoms with Crippen molar-refractivity contribution in [2.45, 2.75) is 32.1 Å². The zero-order valence-electron chi connectivity index (χ0n) is 17.9. The van der Waals surface area contributed by atoms with E-state index in [2.05, 4.69) is 36.1 Å². The van der Waals surface area contributed by atoms with Crippen LogP contribution < -0.4 is 4.74 Å². The molecule has 31 heavy (non-hydrogen) atoms. The van der Waals surface area contributed by atoms with Gasteiger partial charge < -0.3 is 9.64 Å². The number of ketones is 2. The summed E-state index contributed by atoms with van der Waals surface area (Å²) in [6.07, 6.45) is 2.10. The van der Waals surface area contributed by atoms with Gasteiger partial charge in [-0.1, -0.05) is 42.0 Å². The van der Waals surface area contributed by atoms with Gasteiger partial charge in [-0.3, -0.25) is 9.59 Å². The van der Waals surface area contributed by atoms with Crippen LogP contribution in [0.25, 0.3) is 10.8 Å². The lowest BCUT2D eigenvalue weighted by Crippen LogP contribution is -2.23. The molecule has 3 aromatic carbocycles. The van der Waals surface area contributed by atoms with Crippen molar-refractivity contribution in [1.82, 2.24) is 4.90 Å². The molecular weight excluding hydrogens is 386 g/mol. The summed E-state index contributed by atoms with van der Waals surface area (Å²) < 4.78 is 5.66. The maximum atomic E-state index is 12.9. The highest BCUT2D eigenvalue weighted by Gasteiger charge is 2.24. The lowest BCUT2D eigenvalue weighted by atomic mass is 9.97. The third kappa shape index (κ3) is 4.13. The molecule has 5 rings (SSSR count). The number of ether oxygens (including phenoxy) is 1. The smallest absolute Gasteiger partial charge is 0.170 e. The minimum Gasteiger partial charge on any atom is -0.492 e. The average molecular weight is 414 g/mol. The summed E-state index contributed by atoms with van der Waals surface area (Å²) in [4.78, 5) is 27.4. The van der Waals surface area contributed by atoms with Crippen LogP contribution in [0.5, 0.6) is 5.75 Å². The Morgan fingerprint density at radius 3 is 2.87 bits per heavy atom. The van der Waals surface area contributed by atoms with Crippen molar-refractivity contribution >= 4 is 22.3 Å². The number of rotatable bonds is 5. The zero-order chi connectivity index (χ0) is 21.4. The van der Waals surface area contributed by atoms with Crippen LogP contribution in [0.4, 0.5) is 0 Å². The number of hydrogen-bond donors (Lipinski definition) is 0. The molecule has 0 saturated carbocycles. The largest absolute Gasteiger partial charge is 0.492 e. The van der Waals surface area contributed by atoms with E-state index in [9.17, 15) is 9.59 Å². The highest BCUT2D eigenvalue weighted by atomic mass is 16.5. The van der Waals surface area contributed by atoms with Crippen LogP contribution in [0.3, 0.4) is 0 Å². The molecular formula is C27H27NO3. The second-order valence-electron chi connectivity index (χ2n) is 8.81.